The molecule has 0 spiro atoms. The number of hydrogen-bond acceptors (Lipinski definition) is 4. The molecule has 118 valence electrons. The number of aryl methyl sites for hydroxylation is 1. The molecule has 1 heterocycles. The molecule has 1 saturated heterocycles. The molecule has 1 aromatic rings. The van der Waals surface area contributed by atoms with Crippen molar-refractivity contribution in [3.8, 4) is 0 Å². The van der Waals surface area contributed by atoms with Crippen LogP contribution in [0, 0.1) is 6.92 Å². The zero-order valence-corrected chi connectivity index (χ0v) is 13.8. The average molecular weight is 332 g/mol. The Morgan fingerprint density at radius 3 is 2.00 bits per heavy atom. The van der Waals surface area contributed by atoms with E-state index in [1.807, 2.05) is 25.1 Å². The Kier molecular flexibility index (Phi) is 4.72. The van der Waals surface area contributed by atoms with Gasteiger partial charge in [-0.05, 0) is 18.1 Å². The first-order chi connectivity index (χ1) is 9.70. The Morgan fingerprint density at radius 1 is 0.952 bits per heavy atom. The third-order valence-corrected chi connectivity index (χ3v) is 6.79. The van der Waals surface area contributed by atoms with Gasteiger partial charge in [-0.3, -0.25) is 0 Å². The Labute approximate surface area is 126 Å². The Morgan fingerprint density at radius 2 is 1.48 bits per heavy atom. The van der Waals surface area contributed by atoms with Crippen LogP contribution in [0.25, 0.3) is 0 Å². The van der Waals surface area contributed by atoms with Crippen molar-refractivity contribution in [1.82, 2.24) is 8.61 Å². The smallest absolute Gasteiger partial charge is 0.213 e. The van der Waals surface area contributed by atoms with Crippen molar-refractivity contribution in [2.75, 3.05) is 32.4 Å². The molecule has 1 fully saturated rings. The standard InChI is InChI=1S/C13H20N2O4S2/c1-12-5-3-4-6-13(12)11-21(18,19)15-9-7-14(8-10-15)20(2,16)17/h3-6H,7-11H2,1-2H3. The third kappa shape index (κ3) is 4.03. The molecule has 0 saturated carbocycles. The summed E-state index contributed by atoms with van der Waals surface area (Å²) in [5.41, 5.74) is 1.72. The third-order valence-electron chi connectivity index (χ3n) is 3.66. The van der Waals surface area contributed by atoms with E-state index in [1.54, 1.807) is 6.07 Å². The van der Waals surface area contributed by atoms with Crippen molar-refractivity contribution in [1.29, 1.82) is 0 Å². The SMILES string of the molecule is Cc1ccccc1CS(=O)(=O)N1CCN(S(C)(=O)=O)CC1. The van der Waals surface area contributed by atoms with Crippen LogP contribution in [0.5, 0.6) is 0 Å². The summed E-state index contributed by atoms with van der Waals surface area (Å²) in [6.07, 6.45) is 1.14. The zero-order chi connectivity index (χ0) is 15.7. The van der Waals surface area contributed by atoms with Crippen LogP contribution in [0.2, 0.25) is 0 Å². The van der Waals surface area contributed by atoms with Crippen LogP contribution in [0.3, 0.4) is 0 Å². The highest BCUT2D eigenvalue weighted by atomic mass is 32.2. The van der Waals surface area contributed by atoms with Crippen molar-refractivity contribution in [2.45, 2.75) is 12.7 Å². The van der Waals surface area contributed by atoms with Crippen LogP contribution in [0.15, 0.2) is 24.3 Å². The molecule has 2 rings (SSSR count). The minimum absolute atomic E-state index is 0.0431. The van der Waals surface area contributed by atoms with Gasteiger partial charge in [0.05, 0.1) is 12.0 Å². The molecule has 0 atom stereocenters. The molecule has 0 N–H and O–H groups in total. The van der Waals surface area contributed by atoms with Crippen molar-refractivity contribution in [3.63, 3.8) is 0 Å². The molecule has 0 aliphatic carbocycles. The van der Waals surface area contributed by atoms with E-state index in [0.717, 1.165) is 17.4 Å². The van der Waals surface area contributed by atoms with E-state index in [1.165, 1.54) is 8.61 Å². The molecule has 1 aromatic carbocycles. The number of rotatable bonds is 4. The van der Waals surface area contributed by atoms with Crippen LogP contribution >= 0.6 is 0 Å². The molecule has 21 heavy (non-hydrogen) atoms. The summed E-state index contributed by atoms with van der Waals surface area (Å²) in [5, 5.41) is 0. The molecule has 1 aliphatic rings. The summed E-state index contributed by atoms with van der Waals surface area (Å²) in [4.78, 5) is 0. The van der Waals surface area contributed by atoms with E-state index in [0.29, 0.717) is 0 Å². The van der Waals surface area contributed by atoms with Crippen LogP contribution in [-0.4, -0.2) is 57.9 Å². The number of hydrogen-bond donors (Lipinski definition) is 0. The van der Waals surface area contributed by atoms with E-state index < -0.39 is 20.0 Å². The van der Waals surface area contributed by atoms with Gasteiger partial charge in [0.2, 0.25) is 20.0 Å². The Hall–Kier alpha value is -0.960. The van der Waals surface area contributed by atoms with E-state index >= 15 is 0 Å². The van der Waals surface area contributed by atoms with Crippen LogP contribution in [0.1, 0.15) is 11.1 Å². The second-order valence-corrected chi connectivity index (χ2v) is 9.20. The van der Waals surface area contributed by atoms with Crippen LogP contribution in [-0.2, 0) is 25.8 Å². The summed E-state index contributed by atoms with van der Waals surface area (Å²) >= 11 is 0. The highest BCUT2D eigenvalue weighted by Gasteiger charge is 2.30. The quantitative estimate of drug-likeness (QED) is 0.800. The first-order valence-corrected chi connectivity index (χ1v) is 10.1. The molecular formula is C13H20N2O4S2. The Bertz CT molecular complexity index is 705. The average Bonchev–Trinajstić information content (AvgIpc) is 2.40. The second kappa shape index (κ2) is 6.04. The molecule has 0 radical (unpaired) electrons. The lowest BCUT2D eigenvalue weighted by atomic mass is 10.1. The highest BCUT2D eigenvalue weighted by Crippen LogP contribution is 2.17. The summed E-state index contributed by atoms with van der Waals surface area (Å²) in [6.45, 7) is 2.73. The topological polar surface area (TPSA) is 74.8 Å². The monoisotopic (exact) mass is 332 g/mol. The predicted molar refractivity (Wildman–Crippen MR) is 81.8 cm³/mol. The molecule has 6 nitrogen and oxygen atoms in total. The van der Waals surface area contributed by atoms with E-state index in [-0.39, 0.29) is 31.9 Å². The fourth-order valence-corrected chi connectivity index (χ4v) is 4.79. The molecule has 8 heteroatoms. The summed E-state index contributed by atoms with van der Waals surface area (Å²) in [6, 6.07) is 7.38. The van der Waals surface area contributed by atoms with Crippen LogP contribution in [0.4, 0.5) is 0 Å². The predicted octanol–water partition coefficient (Wildman–Crippen LogP) is 0.402. The lowest BCUT2D eigenvalue weighted by Crippen LogP contribution is -2.50. The number of piperazine rings is 1. The van der Waals surface area contributed by atoms with E-state index in [4.69, 9.17) is 0 Å². The van der Waals surface area contributed by atoms with Gasteiger partial charge in [0.1, 0.15) is 0 Å². The minimum atomic E-state index is -3.42. The summed E-state index contributed by atoms with van der Waals surface area (Å²) in [7, 11) is -6.66. The van der Waals surface area contributed by atoms with Crippen LogP contribution < -0.4 is 0 Å². The lowest BCUT2D eigenvalue weighted by molar-refractivity contribution is 0.274. The minimum Gasteiger partial charge on any atom is -0.213 e. The molecule has 0 bridgehead atoms. The number of sulfonamides is 2. The second-order valence-electron chi connectivity index (χ2n) is 5.24. The first kappa shape index (κ1) is 16.4. The fraction of sp³-hybridized carbons (Fsp3) is 0.538. The molecular weight excluding hydrogens is 312 g/mol. The first-order valence-electron chi connectivity index (χ1n) is 6.67. The lowest BCUT2D eigenvalue weighted by Gasteiger charge is -2.32. The number of benzene rings is 1. The van der Waals surface area contributed by atoms with Crippen molar-refractivity contribution < 1.29 is 16.8 Å². The van der Waals surface area contributed by atoms with Gasteiger partial charge in [0.15, 0.2) is 0 Å². The maximum absolute atomic E-state index is 12.4. The maximum atomic E-state index is 12.4. The fourth-order valence-electron chi connectivity index (χ4n) is 2.34. The summed E-state index contributed by atoms with van der Waals surface area (Å²) in [5.74, 6) is -0.0431. The van der Waals surface area contributed by atoms with Gasteiger partial charge in [-0.2, -0.15) is 8.61 Å². The number of nitrogens with zero attached hydrogens (tertiary/aromatic N) is 2. The van der Waals surface area contributed by atoms with Gasteiger partial charge in [-0.1, -0.05) is 24.3 Å². The van der Waals surface area contributed by atoms with Gasteiger partial charge in [0, 0.05) is 26.2 Å². The van der Waals surface area contributed by atoms with E-state index in [9.17, 15) is 16.8 Å². The van der Waals surface area contributed by atoms with Crippen molar-refractivity contribution in [3.05, 3.63) is 35.4 Å². The van der Waals surface area contributed by atoms with Gasteiger partial charge in [-0.15, -0.1) is 0 Å². The molecule has 0 amide bonds. The maximum Gasteiger partial charge on any atom is 0.218 e. The molecule has 0 unspecified atom stereocenters. The summed E-state index contributed by atoms with van der Waals surface area (Å²) < 4.78 is 50.4. The normalized spacial score (nSPS) is 18.8. The Balaban J connectivity index is 2.07. The van der Waals surface area contributed by atoms with Crippen molar-refractivity contribution in [2.24, 2.45) is 0 Å². The van der Waals surface area contributed by atoms with E-state index in [2.05, 4.69) is 0 Å². The molecule has 1 aliphatic heterocycles. The van der Waals surface area contributed by atoms with Gasteiger partial charge in [-0.25, -0.2) is 16.8 Å². The highest BCUT2D eigenvalue weighted by molar-refractivity contribution is 7.88. The van der Waals surface area contributed by atoms with Gasteiger partial charge in [0.25, 0.3) is 0 Å². The van der Waals surface area contributed by atoms with Gasteiger partial charge < -0.3 is 0 Å². The largest absolute Gasteiger partial charge is 0.218 e. The van der Waals surface area contributed by atoms with Gasteiger partial charge >= 0.3 is 0 Å². The zero-order valence-electron chi connectivity index (χ0n) is 12.2. The molecule has 0 aromatic heterocycles. The van der Waals surface area contributed by atoms with Crippen molar-refractivity contribution >= 4 is 20.0 Å².